The van der Waals surface area contributed by atoms with E-state index >= 15 is 0 Å². The van der Waals surface area contributed by atoms with Gasteiger partial charge in [0.05, 0.1) is 6.04 Å². The molecule has 1 heterocycles. The fourth-order valence-electron chi connectivity index (χ4n) is 1.60. The van der Waals surface area contributed by atoms with Gasteiger partial charge >= 0.3 is 12.1 Å². The lowest BCUT2D eigenvalue weighted by Gasteiger charge is -2.23. The van der Waals surface area contributed by atoms with Crippen LogP contribution in [0.5, 0.6) is 0 Å². The molecule has 0 radical (unpaired) electrons. The van der Waals surface area contributed by atoms with Crippen LogP contribution in [0.25, 0.3) is 0 Å². The van der Waals surface area contributed by atoms with Gasteiger partial charge in [-0.05, 0) is 19.8 Å². The van der Waals surface area contributed by atoms with Crippen molar-refractivity contribution in [3.8, 4) is 0 Å². The van der Waals surface area contributed by atoms with Gasteiger partial charge in [-0.15, -0.1) is 0 Å². The van der Waals surface area contributed by atoms with Crippen LogP contribution in [0.2, 0.25) is 0 Å². The molecule has 0 aromatic heterocycles. The third-order valence-corrected chi connectivity index (χ3v) is 2.23. The zero-order chi connectivity index (χ0) is 10.9. The van der Waals surface area contributed by atoms with Gasteiger partial charge in [0, 0.05) is 6.54 Å². The molecule has 1 unspecified atom stereocenters. The fraction of sp³-hybridized carbons (Fsp3) is 0.750. The Kier molecular flexibility index (Phi) is 2.82. The van der Waals surface area contributed by atoms with Gasteiger partial charge in [0.1, 0.15) is 0 Å². The highest BCUT2D eigenvalue weighted by Gasteiger charge is 2.46. The highest BCUT2D eigenvalue weighted by atomic mass is 19.4. The molecule has 1 rings (SSSR count). The van der Waals surface area contributed by atoms with Crippen LogP contribution in [0.1, 0.15) is 19.8 Å². The summed E-state index contributed by atoms with van der Waals surface area (Å²) in [4.78, 5) is 22.4. The van der Waals surface area contributed by atoms with Crippen molar-refractivity contribution >= 4 is 11.7 Å². The second-order valence-electron chi connectivity index (χ2n) is 3.26. The molecule has 0 aromatic rings. The van der Waals surface area contributed by atoms with Gasteiger partial charge in [-0.1, -0.05) is 0 Å². The Morgan fingerprint density at radius 2 is 1.93 bits per heavy atom. The number of hydrogen-bond donors (Lipinski definition) is 0. The molecular formula is C8H10F3NO2. The second-order valence-corrected chi connectivity index (χ2v) is 3.26. The predicted molar refractivity (Wildman–Crippen MR) is 41.5 cm³/mol. The molecule has 1 amide bonds. The quantitative estimate of drug-likeness (QED) is 0.649. The Morgan fingerprint density at radius 3 is 2.36 bits per heavy atom. The molecule has 1 fully saturated rings. The number of carbonyl (C=O) groups is 2. The van der Waals surface area contributed by atoms with E-state index in [1.54, 1.807) is 0 Å². The first-order chi connectivity index (χ1) is 6.34. The second kappa shape index (κ2) is 3.59. The molecular weight excluding hydrogens is 199 g/mol. The summed E-state index contributed by atoms with van der Waals surface area (Å²) < 4.78 is 36.1. The van der Waals surface area contributed by atoms with Gasteiger partial charge in [0.25, 0.3) is 0 Å². The molecule has 0 aliphatic carbocycles. The molecule has 3 nitrogen and oxygen atoms in total. The van der Waals surface area contributed by atoms with Crippen LogP contribution in [0, 0.1) is 0 Å². The molecule has 0 N–H and O–H groups in total. The lowest BCUT2D eigenvalue weighted by atomic mass is 10.1. The summed E-state index contributed by atoms with van der Waals surface area (Å²) in [7, 11) is 0. The van der Waals surface area contributed by atoms with Crippen molar-refractivity contribution in [3.63, 3.8) is 0 Å². The Balaban J connectivity index is 2.77. The Bertz CT molecular complexity index is 262. The van der Waals surface area contributed by atoms with Crippen LogP contribution in [0.4, 0.5) is 13.2 Å². The van der Waals surface area contributed by atoms with E-state index in [1.807, 2.05) is 0 Å². The number of halogens is 3. The van der Waals surface area contributed by atoms with Crippen LogP contribution < -0.4 is 0 Å². The minimum Gasteiger partial charge on any atom is -0.325 e. The minimum atomic E-state index is -4.88. The number of nitrogens with zero attached hydrogens (tertiary/aromatic N) is 1. The lowest BCUT2D eigenvalue weighted by Crippen LogP contribution is -2.46. The number of rotatable bonds is 1. The van der Waals surface area contributed by atoms with E-state index in [0.29, 0.717) is 17.7 Å². The van der Waals surface area contributed by atoms with E-state index in [4.69, 9.17) is 0 Å². The zero-order valence-electron chi connectivity index (χ0n) is 7.60. The molecule has 6 heteroatoms. The van der Waals surface area contributed by atoms with Gasteiger partial charge in [-0.2, -0.15) is 13.2 Å². The van der Waals surface area contributed by atoms with Crippen molar-refractivity contribution in [2.24, 2.45) is 0 Å². The molecule has 14 heavy (non-hydrogen) atoms. The van der Waals surface area contributed by atoms with Gasteiger partial charge in [0.15, 0.2) is 5.78 Å². The van der Waals surface area contributed by atoms with E-state index in [9.17, 15) is 22.8 Å². The normalized spacial score (nSPS) is 22.6. The molecule has 0 saturated carbocycles. The zero-order valence-corrected chi connectivity index (χ0v) is 7.60. The SMILES string of the molecule is CC(=O)C1CCCN1C(=O)C(F)(F)F. The number of Topliss-reactive ketones (excluding diaryl/α,β-unsaturated/α-hetero) is 1. The molecule has 1 saturated heterocycles. The molecule has 0 aromatic carbocycles. The Hall–Kier alpha value is -1.07. The van der Waals surface area contributed by atoms with Crippen molar-refractivity contribution in [1.29, 1.82) is 0 Å². The van der Waals surface area contributed by atoms with Crippen LogP contribution >= 0.6 is 0 Å². The summed E-state index contributed by atoms with van der Waals surface area (Å²) in [5.41, 5.74) is 0. The molecule has 1 atom stereocenters. The van der Waals surface area contributed by atoms with E-state index < -0.39 is 18.1 Å². The Morgan fingerprint density at radius 1 is 1.36 bits per heavy atom. The van der Waals surface area contributed by atoms with Crippen LogP contribution in [0.15, 0.2) is 0 Å². The van der Waals surface area contributed by atoms with Crippen LogP contribution in [-0.4, -0.2) is 35.4 Å². The van der Waals surface area contributed by atoms with Crippen molar-refractivity contribution in [2.45, 2.75) is 32.0 Å². The van der Waals surface area contributed by atoms with Gasteiger partial charge in [-0.3, -0.25) is 9.59 Å². The molecule has 80 valence electrons. The van der Waals surface area contributed by atoms with Gasteiger partial charge < -0.3 is 4.90 Å². The van der Waals surface area contributed by atoms with Crippen molar-refractivity contribution in [1.82, 2.24) is 4.90 Å². The maximum atomic E-state index is 12.0. The van der Waals surface area contributed by atoms with Crippen molar-refractivity contribution in [3.05, 3.63) is 0 Å². The number of ketones is 1. The van der Waals surface area contributed by atoms with Crippen molar-refractivity contribution < 1.29 is 22.8 Å². The predicted octanol–water partition coefficient (Wildman–Crippen LogP) is 1.13. The van der Waals surface area contributed by atoms with E-state index in [1.165, 1.54) is 6.92 Å². The van der Waals surface area contributed by atoms with Gasteiger partial charge in [0.2, 0.25) is 0 Å². The average Bonchev–Trinajstić information content (AvgIpc) is 2.48. The molecule has 1 aliphatic rings. The Labute approximate surface area is 78.9 Å². The topological polar surface area (TPSA) is 37.4 Å². The standard InChI is InChI=1S/C8H10F3NO2/c1-5(13)6-3-2-4-12(6)7(14)8(9,10)11/h6H,2-4H2,1H3. The molecule has 0 spiro atoms. The summed E-state index contributed by atoms with van der Waals surface area (Å²) in [6.07, 6.45) is -4.10. The average molecular weight is 209 g/mol. The van der Waals surface area contributed by atoms with E-state index in [2.05, 4.69) is 0 Å². The highest BCUT2D eigenvalue weighted by molar-refractivity contribution is 5.90. The number of amides is 1. The maximum absolute atomic E-state index is 12.0. The number of likely N-dealkylation sites (tertiary alicyclic amines) is 1. The monoisotopic (exact) mass is 209 g/mol. The molecule has 1 aliphatic heterocycles. The molecule has 0 bridgehead atoms. The summed E-state index contributed by atoms with van der Waals surface area (Å²) >= 11 is 0. The maximum Gasteiger partial charge on any atom is 0.471 e. The van der Waals surface area contributed by atoms with E-state index in [0.717, 1.165) is 0 Å². The number of carbonyl (C=O) groups excluding carboxylic acids is 2. The van der Waals surface area contributed by atoms with Crippen LogP contribution in [-0.2, 0) is 9.59 Å². The number of hydrogen-bond acceptors (Lipinski definition) is 2. The first-order valence-electron chi connectivity index (χ1n) is 4.22. The minimum absolute atomic E-state index is 0.0165. The highest BCUT2D eigenvalue weighted by Crippen LogP contribution is 2.25. The summed E-state index contributed by atoms with van der Waals surface area (Å²) in [5, 5.41) is 0. The summed E-state index contributed by atoms with van der Waals surface area (Å²) in [6.45, 7) is 1.22. The fourth-order valence-corrected chi connectivity index (χ4v) is 1.60. The van der Waals surface area contributed by atoms with Gasteiger partial charge in [-0.25, -0.2) is 0 Å². The third-order valence-electron chi connectivity index (χ3n) is 2.23. The lowest BCUT2D eigenvalue weighted by molar-refractivity contribution is -0.186. The first kappa shape index (κ1) is 11.0. The van der Waals surface area contributed by atoms with Crippen LogP contribution in [0.3, 0.4) is 0 Å². The van der Waals surface area contributed by atoms with Crippen molar-refractivity contribution in [2.75, 3.05) is 6.54 Å². The first-order valence-corrected chi connectivity index (χ1v) is 4.22. The number of alkyl halides is 3. The summed E-state index contributed by atoms with van der Waals surface area (Å²) in [5.74, 6) is -2.30. The largest absolute Gasteiger partial charge is 0.471 e. The summed E-state index contributed by atoms with van der Waals surface area (Å²) in [6, 6.07) is -0.885. The third kappa shape index (κ3) is 2.05. The smallest absolute Gasteiger partial charge is 0.325 e. The van der Waals surface area contributed by atoms with E-state index in [-0.39, 0.29) is 12.3 Å².